The molecule has 0 spiro atoms. The van der Waals surface area contributed by atoms with Gasteiger partial charge in [0.15, 0.2) is 6.61 Å². The van der Waals surface area contributed by atoms with Crippen molar-refractivity contribution < 1.29 is 28.6 Å². The van der Waals surface area contributed by atoms with E-state index >= 15 is 0 Å². The summed E-state index contributed by atoms with van der Waals surface area (Å²) in [5, 5.41) is 9.51. The average molecular weight is 484 g/mol. The van der Waals surface area contributed by atoms with E-state index < -0.39 is 24.7 Å². The second-order valence-corrected chi connectivity index (χ2v) is 8.34. The van der Waals surface area contributed by atoms with Crippen LogP contribution in [0.2, 0.25) is 5.02 Å². The highest BCUT2D eigenvalue weighted by molar-refractivity contribution is 6.30. The van der Waals surface area contributed by atoms with E-state index in [1.54, 1.807) is 35.2 Å². The third-order valence-corrected chi connectivity index (χ3v) is 5.88. The molecule has 1 aliphatic rings. The summed E-state index contributed by atoms with van der Waals surface area (Å²) in [6, 6.07) is 18.2. The summed E-state index contributed by atoms with van der Waals surface area (Å²) in [4.78, 5) is 25.9. The van der Waals surface area contributed by atoms with Crippen LogP contribution in [0.3, 0.4) is 0 Å². The third kappa shape index (κ3) is 5.48. The van der Waals surface area contributed by atoms with Gasteiger partial charge < -0.3 is 14.6 Å². The molecule has 6 nitrogen and oxygen atoms in total. The van der Waals surface area contributed by atoms with E-state index in [1.165, 1.54) is 12.1 Å². The molecule has 3 aromatic carbocycles. The van der Waals surface area contributed by atoms with Gasteiger partial charge in [-0.15, -0.1) is 0 Å². The van der Waals surface area contributed by atoms with E-state index in [0.717, 1.165) is 16.7 Å². The average Bonchev–Trinajstić information content (AvgIpc) is 2.82. The third-order valence-electron chi connectivity index (χ3n) is 5.64. The first-order chi connectivity index (χ1) is 16.4. The van der Waals surface area contributed by atoms with Crippen molar-refractivity contribution in [1.82, 2.24) is 4.90 Å². The van der Waals surface area contributed by atoms with Gasteiger partial charge in [-0.05, 0) is 53.4 Å². The number of fused-ring (bicyclic) bond motifs is 1. The molecule has 1 N–H and O–H groups in total. The normalized spacial score (nSPS) is 14.9. The highest BCUT2D eigenvalue weighted by Crippen LogP contribution is 2.40. The Morgan fingerprint density at radius 2 is 1.88 bits per heavy atom. The number of amides is 1. The fourth-order valence-electron chi connectivity index (χ4n) is 4.13. The molecule has 0 aromatic heterocycles. The SMILES string of the molecule is O=C(O)COc1ccc(Cl)cc1[C@@H]1c2ccccc2CCN1C(=O)OCCc1cccc(F)c1. The largest absolute Gasteiger partial charge is 0.482 e. The molecule has 0 saturated carbocycles. The van der Waals surface area contributed by atoms with Crippen molar-refractivity contribution in [1.29, 1.82) is 0 Å². The standard InChI is InChI=1S/C26H23ClFNO5/c27-19-8-9-23(34-16-24(30)31)22(15-19)25-21-7-2-1-5-18(21)10-12-29(25)26(32)33-13-11-17-4-3-6-20(28)14-17/h1-9,14-15,25H,10-13,16H2,(H,30,31)/t25-/m0/s1. The van der Waals surface area contributed by atoms with Crippen LogP contribution in [0.25, 0.3) is 0 Å². The Labute approximate surface area is 201 Å². The van der Waals surface area contributed by atoms with Gasteiger partial charge in [0.1, 0.15) is 11.6 Å². The van der Waals surface area contributed by atoms with Crippen LogP contribution in [-0.4, -0.2) is 41.8 Å². The van der Waals surface area contributed by atoms with Crippen LogP contribution in [0.1, 0.15) is 28.3 Å². The summed E-state index contributed by atoms with van der Waals surface area (Å²) >= 11 is 6.28. The van der Waals surface area contributed by atoms with Gasteiger partial charge in [-0.1, -0.05) is 48.0 Å². The topological polar surface area (TPSA) is 76.1 Å². The van der Waals surface area contributed by atoms with Crippen molar-refractivity contribution in [2.45, 2.75) is 18.9 Å². The van der Waals surface area contributed by atoms with E-state index in [2.05, 4.69) is 0 Å². The number of rotatable bonds is 7. The van der Waals surface area contributed by atoms with Crippen molar-refractivity contribution in [3.8, 4) is 5.75 Å². The minimum absolute atomic E-state index is 0.0884. The van der Waals surface area contributed by atoms with Gasteiger partial charge in [0.2, 0.25) is 0 Å². The van der Waals surface area contributed by atoms with Crippen LogP contribution in [0, 0.1) is 5.82 Å². The quantitative estimate of drug-likeness (QED) is 0.495. The first-order valence-corrected chi connectivity index (χ1v) is 11.2. The minimum atomic E-state index is -1.11. The molecule has 1 atom stereocenters. The van der Waals surface area contributed by atoms with Gasteiger partial charge in [-0.3, -0.25) is 4.90 Å². The van der Waals surface area contributed by atoms with Gasteiger partial charge in [0, 0.05) is 23.6 Å². The minimum Gasteiger partial charge on any atom is -0.482 e. The number of aliphatic carboxylic acids is 1. The second-order valence-electron chi connectivity index (χ2n) is 7.90. The number of carbonyl (C=O) groups excluding carboxylic acids is 1. The summed E-state index contributed by atoms with van der Waals surface area (Å²) in [5.41, 5.74) is 3.26. The Balaban J connectivity index is 1.62. The molecule has 8 heteroatoms. The van der Waals surface area contributed by atoms with Crippen LogP contribution in [0.15, 0.2) is 66.7 Å². The lowest BCUT2D eigenvalue weighted by Crippen LogP contribution is -2.41. The zero-order chi connectivity index (χ0) is 24.1. The van der Waals surface area contributed by atoms with Gasteiger partial charge in [-0.2, -0.15) is 0 Å². The number of carboxylic acid groups (broad SMARTS) is 1. The second kappa shape index (κ2) is 10.6. The maximum atomic E-state index is 13.4. The van der Waals surface area contributed by atoms with Gasteiger partial charge in [-0.25, -0.2) is 14.0 Å². The van der Waals surface area contributed by atoms with Crippen molar-refractivity contribution in [2.24, 2.45) is 0 Å². The highest BCUT2D eigenvalue weighted by Gasteiger charge is 2.35. The number of benzene rings is 3. The monoisotopic (exact) mass is 483 g/mol. The lowest BCUT2D eigenvalue weighted by atomic mass is 9.88. The van der Waals surface area contributed by atoms with E-state index in [1.807, 2.05) is 24.3 Å². The van der Waals surface area contributed by atoms with Crippen LogP contribution in [0.5, 0.6) is 5.75 Å². The molecule has 0 unspecified atom stereocenters. The molecule has 176 valence electrons. The zero-order valence-electron chi connectivity index (χ0n) is 18.2. The van der Waals surface area contributed by atoms with E-state index in [9.17, 15) is 14.0 Å². The molecule has 0 saturated heterocycles. The maximum absolute atomic E-state index is 13.4. The molecule has 0 fully saturated rings. The zero-order valence-corrected chi connectivity index (χ0v) is 19.0. The number of hydrogen-bond donors (Lipinski definition) is 1. The molecule has 1 amide bonds. The van der Waals surface area contributed by atoms with Crippen LogP contribution in [0.4, 0.5) is 9.18 Å². The Morgan fingerprint density at radius 1 is 1.06 bits per heavy atom. The summed E-state index contributed by atoms with van der Waals surface area (Å²) in [5.74, 6) is -1.13. The first-order valence-electron chi connectivity index (χ1n) is 10.8. The van der Waals surface area contributed by atoms with Crippen molar-refractivity contribution in [3.63, 3.8) is 0 Å². The Bertz CT molecular complexity index is 1200. The molecule has 0 aliphatic carbocycles. The fourth-order valence-corrected chi connectivity index (χ4v) is 4.31. The van der Waals surface area contributed by atoms with Gasteiger partial charge >= 0.3 is 12.1 Å². The summed E-state index contributed by atoms with van der Waals surface area (Å²) in [6.07, 6.45) is 0.486. The van der Waals surface area contributed by atoms with E-state index in [0.29, 0.717) is 35.7 Å². The Kier molecular flexibility index (Phi) is 7.33. The fraction of sp³-hybridized carbons (Fsp3) is 0.231. The Hall–Kier alpha value is -3.58. The van der Waals surface area contributed by atoms with Gasteiger partial charge in [0.05, 0.1) is 12.6 Å². The molecule has 1 heterocycles. The Morgan fingerprint density at radius 3 is 2.68 bits per heavy atom. The van der Waals surface area contributed by atoms with Crippen molar-refractivity contribution >= 4 is 23.7 Å². The smallest absolute Gasteiger partial charge is 0.410 e. The molecule has 0 radical (unpaired) electrons. The van der Waals surface area contributed by atoms with Crippen LogP contribution < -0.4 is 4.74 Å². The predicted octanol–water partition coefficient (Wildman–Crippen LogP) is 5.27. The molecular weight excluding hydrogens is 461 g/mol. The number of ether oxygens (including phenoxy) is 2. The molecule has 34 heavy (non-hydrogen) atoms. The summed E-state index contributed by atoms with van der Waals surface area (Å²) in [6.45, 7) is -0.0441. The number of halogens is 2. The lowest BCUT2D eigenvalue weighted by Gasteiger charge is -2.37. The molecule has 3 aromatic rings. The van der Waals surface area contributed by atoms with Crippen LogP contribution >= 0.6 is 11.6 Å². The summed E-state index contributed by atoms with van der Waals surface area (Å²) in [7, 11) is 0. The molecular formula is C26H23ClFNO5. The van der Waals surface area contributed by atoms with Crippen LogP contribution in [-0.2, 0) is 22.4 Å². The predicted molar refractivity (Wildman–Crippen MR) is 125 cm³/mol. The number of nitrogens with zero attached hydrogens (tertiary/aromatic N) is 1. The van der Waals surface area contributed by atoms with Crippen molar-refractivity contribution in [2.75, 3.05) is 19.8 Å². The highest BCUT2D eigenvalue weighted by atomic mass is 35.5. The number of carbonyl (C=O) groups is 2. The molecule has 4 rings (SSSR count). The first kappa shape index (κ1) is 23.6. The number of carboxylic acids is 1. The summed E-state index contributed by atoms with van der Waals surface area (Å²) < 4.78 is 24.5. The molecule has 1 aliphatic heterocycles. The van der Waals surface area contributed by atoms with Gasteiger partial charge in [0.25, 0.3) is 0 Å². The maximum Gasteiger partial charge on any atom is 0.410 e. The van der Waals surface area contributed by atoms with E-state index in [4.69, 9.17) is 26.2 Å². The molecule has 0 bridgehead atoms. The lowest BCUT2D eigenvalue weighted by molar-refractivity contribution is -0.139. The number of hydrogen-bond acceptors (Lipinski definition) is 4. The van der Waals surface area contributed by atoms with Crippen molar-refractivity contribution in [3.05, 3.63) is 99.8 Å². The van der Waals surface area contributed by atoms with E-state index in [-0.39, 0.29) is 12.4 Å².